The van der Waals surface area contributed by atoms with Crippen LogP contribution in [0.5, 0.6) is 11.5 Å². The molecular formula is C19H14N6O7. The maximum Gasteiger partial charge on any atom is 0.320 e. The molecule has 0 saturated heterocycles. The number of carbonyl (C=O) groups excluding carboxylic acids is 1. The van der Waals surface area contributed by atoms with Crippen molar-refractivity contribution in [1.29, 1.82) is 0 Å². The van der Waals surface area contributed by atoms with Gasteiger partial charge in [-0.3, -0.25) is 29.7 Å². The van der Waals surface area contributed by atoms with E-state index in [2.05, 4.69) is 15.6 Å². The summed E-state index contributed by atoms with van der Waals surface area (Å²) in [5.74, 6) is 0.275. The highest BCUT2D eigenvalue weighted by Crippen LogP contribution is 2.32. The maximum atomic E-state index is 12.4. The number of hydrogen-bond donors (Lipinski definition) is 1. The monoisotopic (exact) mass is 438 g/mol. The number of aromatic nitrogens is 2. The molecule has 1 aliphatic heterocycles. The van der Waals surface area contributed by atoms with Crippen molar-refractivity contribution in [3.8, 4) is 11.5 Å². The van der Waals surface area contributed by atoms with Crippen molar-refractivity contribution in [2.24, 2.45) is 5.10 Å². The summed E-state index contributed by atoms with van der Waals surface area (Å²) in [7, 11) is 0. The fourth-order valence-electron chi connectivity index (χ4n) is 2.91. The molecular weight excluding hydrogens is 424 g/mol. The molecule has 1 aromatic heterocycles. The molecule has 2 heterocycles. The van der Waals surface area contributed by atoms with Crippen LogP contribution in [0.3, 0.4) is 0 Å². The molecule has 13 nitrogen and oxygen atoms in total. The van der Waals surface area contributed by atoms with E-state index in [1.807, 2.05) is 0 Å². The minimum Gasteiger partial charge on any atom is -0.454 e. The van der Waals surface area contributed by atoms with E-state index in [0.717, 1.165) is 6.20 Å². The third-order valence-corrected chi connectivity index (χ3v) is 4.42. The Labute approximate surface area is 179 Å². The highest BCUT2D eigenvalue weighted by molar-refractivity contribution is 5.96. The van der Waals surface area contributed by atoms with Gasteiger partial charge >= 0.3 is 5.69 Å². The third-order valence-electron chi connectivity index (χ3n) is 4.42. The molecule has 0 bridgehead atoms. The molecule has 1 N–H and O–H groups in total. The minimum absolute atomic E-state index is 0.0760. The second-order valence-corrected chi connectivity index (χ2v) is 6.55. The van der Waals surface area contributed by atoms with Crippen molar-refractivity contribution in [2.75, 3.05) is 6.79 Å². The van der Waals surface area contributed by atoms with Crippen LogP contribution in [0.15, 0.2) is 53.8 Å². The number of nitro benzene ring substituents is 1. The lowest BCUT2D eigenvalue weighted by Crippen LogP contribution is -2.19. The van der Waals surface area contributed by atoms with Crippen LogP contribution in [0, 0.1) is 20.2 Å². The topological polar surface area (TPSA) is 164 Å². The standard InChI is InChI=1S/C19H14N6O7/c26-19(21-20-8-13-3-6-16-17(7-13)32-11-31-16)18-15(25(29)30)10-23(22-18)9-12-1-4-14(5-2-12)24(27)28/h1-8,10H,9,11H2,(H,21,26)/b20-8+. The number of non-ortho nitro benzene ring substituents is 1. The smallest absolute Gasteiger partial charge is 0.320 e. The van der Waals surface area contributed by atoms with Crippen molar-refractivity contribution in [3.63, 3.8) is 0 Å². The summed E-state index contributed by atoms with van der Waals surface area (Å²) in [6.07, 6.45) is 2.46. The van der Waals surface area contributed by atoms with Crippen LogP contribution in [0.1, 0.15) is 21.6 Å². The van der Waals surface area contributed by atoms with Crippen molar-refractivity contribution in [3.05, 3.63) is 85.7 Å². The van der Waals surface area contributed by atoms with Crippen molar-refractivity contribution >= 4 is 23.5 Å². The molecule has 2 aromatic carbocycles. The van der Waals surface area contributed by atoms with E-state index in [0.29, 0.717) is 22.6 Å². The number of carbonyl (C=O) groups is 1. The van der Waals surface area contributed by atoms with E-state index in [1.165, 1.54) is 35.2 Å². The van der Waals surface area contributed by atoms with Gasteiger partial charge in [-0.2, -0.15) is 10.2 Å². The van der Waals surface area contributed by atoms with E-state index in [4.69, 9.17) is 9.47 Å². The highest BCUT2D eigenvalue weighted by atomic mass is 16.7. The highest BCUT2D eigenvalue weighted by Gasteiger charge is 2.25. The molecule has 4 rings (SSSR count). The van der Waals surface area contributed by atoms with Gasteiger partial charge in [-0.05, 0) is 29.3 Å². The summed E-state index contributed by atoms with van der Waals surface area (Å²) in [6, 6.07) is 10.7. The Kier molecular flexibility index (Phi) is 5.44. The Balaban J connectivity index is 1.47. The van der Waals surface area contributed by atoms with Gasteiger partial charge in [0.1, 0.15) is 6.20 Å². The molecule has 0 unspecified atom stereocenters. The normalized spacial score (nSPS) is 12.1. The van der Waals surface area contributed by atoms with Crippen LogP contribution < -0.4 is 14.9 Å². The summed E-state index contributed by atoms with van der Waals surface area (Å²) in [6.45, 7) is 0.200. The molecule has 0 aliphatic carbocycles. The molecule has 0 radical (unpaired) electrons. The van der Waals surface area contributed by atoms with Gasteiger partial charge in [0.15, 0.2) is 11.5 Å². The van der Waals surface area contributed by atoms with Gasteiger partial charge in [-0.1, -0.05) is 12.1 Å². The Morgan fingerprint density at radius 1 is 1.12 bits per heavy atom. The zero-order chi connectivity index (χ0) is 22.7. The summed E-state index contributed by atoms with van der Waals surface area (Å²) >= 11 is 0. The van der Waals surface area contributed by atoms with E-state index in [9.17, 15) is 25.0 Å². The largest absolute Gasteiger partial charge is 0.454 e. The lowest BCUT2D eigenvalue weighted by Gasteiger charge is -2.01. The maximum absolute atomic E-state index is 12.4. The molecule has 0 fully saturated rings. The number of nitro groups is 2. The predicted molar refractivity (Wildman–Crippen MR) is 109 cm³/mol. The molecule has 0 saturated carbocycles. The molecule has 162 valence electrons. The van der Waals surface area contributed by atoms with Gasteiger partial charge in [0.25, 0.3) is 11.6 Å². The third kappa shape index (κ3) is 4.35. The second kappa shape index (κ2) is 8.51. The summed E-state index contributed by atoms with van der Waals surface area (Å²) < 4.78 is 11.7. The summed E-state index contributed by atoms with van der Waals surface area (Å²) in [5, 5.41) is 29.9. The van der Waals surface area contributed by atoms with Gasteiger partial charge < -0.3 is 9.47 Å². The van der Waals surface area contributed by atoms with Crippen molar-refractivity contribution < 1.29 is 24.1 Å². The molecule has 0 spiro atoms. The van der Waals surface area contributed by atoms with Crippen molar-refractivity contribution in [1.82, 2.24) is 15.2 Å². The number of benzene rings is 2. The first-order chi connectivity index (χ1) is 15.4. The fourth-order valence-corrected chi connectivity index (χ4v) is 2.91. The first-order valence-corrected chi connectivity index (χ1v) is 9.09. The number of nitrogens with one attached hydrogen (secondary N) is 1. The predicted octanol–water partition coefficient (Wildman–Crippen LogP) is 2.24. The van der Waals surface area contributed by atoms with Gasteiger partial charge in [-0.15, -0.1) is 0 Å². The van der Waals surface area contributed by atoms with E-state index in [-0.39, 0.29) is 19.0 Å². The number of ether oxygens (including phenoxy) is 2. The van der Waals surface area contributed by atoms with Gasteiger partial charge in [0.2, 0.25) is 12.5 Å². The molecule has 3 aromatic rings. The van der Waals surface area contributed by atoms with Crippen LogP contribution in [-0.2, 0) is 6.54 Å². The minimum atomic E-state index is -0.865. The van der Waals surface area contributed by atoms with Crippen LogP contribution in [0.4, 0.5) is 11.4 Å². The summed E-state index contributed by atoms with van der Waals surface area (Å²) in [4.78, 5) is 33.2. The van der Waals surface area contributed by atoms with E-state index < -0.39 is 27.1 Å². The fraction of sp³-hybridized carbons (Fsp3) is 0.105. The number of hydrazone groups is 1. The lowest BCUT2D eigenvalue weighted by atomic mass is 10.2. The van der Waals surface area contributed by atoms with Crippen LogP contribution in [-0.4, -0.2) is 38.5 Å². The first-order valence-electron chi connectivity index (χ1n) is 9.09. The lowest BCUT2D eigenvalue weighted by molar-refractivity contribution is -0.385. The number of nitrogens with zero attached hydrogens (tertiary/aromatic N) is 5. The Bertz CT molecular complexity index is 1240. The zero-order valence-corrected chi connectivity index (χ0v) is 16.2. The van der Waals surface area contributed by atoms with Gasteiger partial charge in [0.05, 0.1) is 22.6 Å². The number of amides is 1. The molecule has 0 atom stereocenters. The molecule has 13 heteroatoms. The molecule has 1 aliphatic rings. The second-order valence-electron chi connectivity index (χ2n) is 6.55. The Morgan fingerprint density at radius 3 is 2.59 bits per heavy atom. The van der Waals surface area contributed by atoms with Gasteiger partial charge in [0, 0.05) is 12.1 Å². The molecule has 32 heavy (non-hydrogen) atoms. The Morgan fingerprint density at radius 2 is 1.88 bits per heavy atom. The van der Waals surface area contributed by atoms with Crippen LogP contribution in [0.2, 0.25) is 0 Å². The van der Waals surface area contributed by atoms with Gasteiger partial charge in [-0.25, -0.2) is 5.43 Å². The summed E-state index contributed by atoms with van der Waals surface area (Å²) in [5.41, 5.74) is 2.44. The Hall–Kier alpha value is -4.81. The zero-order valence-electron chi connectivity index (χ0n) is 16.2. The van der Waals surface area contributed by atoms with E-state index >= 15 is 0 Å². The van der Waals surface area contributed by atoms with Crippen molar-refractivity contribution in [2.45, 2.75) is 6.54 Å². The number of hydrogen-bond acceptors (Lipinski definition) is 9. The molecule has 1 amide bonds. The average Bonchev–Trinajstić information content (AvgIpc) is 3.41. The quantitative estimate of drug-likeness (QED) is 0.333. The average molecular weight is 438 g/mol. The SMILES string of the molecule is O=C(N/N=C/c1ccc2c(c1)OCO2)c1nn(Cc2ccc([N+](=O)[O-])cc2)cc1[N+](=O)[O-]. The van der Waals surface area contributed by atoms with Crippen LogP contribution >= 0.6 is 0 Å². The first kappa shape index (κ1) is 20.5. The number of rotatable bonds is 7. The number of fused-ring (bicyclic) bond motifs is 1. The van der Waals surface area contributed by atoms with Crippen LogP contribution in [0.25, 0.3) is 0 Å². The van der Waals surface area contributed by atoms with E-state index in [1.54, 1.807) is 18.2 Å².